The summed E-state index contributed by atoms with van der Waals surface area (Å²) in [6.45, 7) is 0.884. The van der Waals surface area contributed by atoms with Crippen molar-refractivity contribution in [3.05, 3.63) is 70.5 Å². The van der Waals surface area contributed by atoms with E-state index in [2.05, 4.69) is 5.32 Å². The van der Waals surface area contributed by atoms with Gasteiger partial charge in [0.2, 0.25) is 0 Å². The zero-order valence-corrected chi connectivity index (χ0v) is 14.5. The minimum atomic E-state index is -0.822. The number of hydrogen-bond donors (Lipinski definition) is 1. The summed E-state index contributed by atoms with van der Waals surface area (Å²) in [5.74, 6) is -2.11. The maximum atomic E-state index is 13.6. The first-order valence-electron chi connectivity index (χ1n) is 7.56. The van der Waals surface area contributed by atoms with E-state index in [9.17, 15) is 18.8 Å². The number of ketones is 1. The minimum absolute atomic E-state index is 0.0524. The van der Waals surface area contributed by atoms with Crippen LogP contribution in [0.1, 0.15) is 22.8 Å². The van der Waals surface area contributed by atoms with E-state index in [0.717, 1.165) is 6.08 Å². The Balaban J connectivity index is 1.89. The second-order valence-electron chi connectivity index (χ2n) is 5.26. The van der Waals surface area contributed by atoms with Gasteiger partial charge in [0.15, 0.2) is 12.4 Å². The quantitative estimate of drug-likeness (QED) is 0.472. The molecule has 0 bridgehead atoms. The molecule has 0 radical (unpaired) electrons. The summed E-state index contributed by atoms with van der Waals surface area (Å²) in [5, 5.41) is 2.66. The number of benzene rings is 2. The van der Waals surface area contributed by atoms with Gasteiger partial charge in [-0.2, -0.15) is 0 Å². The predicted molar refractivity (Wildman–Crippen MR) is 96.5 cm³/mol. The Labute approximate surface area is 154 Å². The van der Waals surface area contributed by atoms with Crippen molar-refractivity contribution in [2.45, 2.75) is 6.92 Å². The maximum absolute atomic E-state index is 13.6. The molecule has 0 atom stereocenters. The molecular formula is C19H15ClFNO4. The van der Waals surface area contributed by atoms with Gasteiger partial charge in [0, 0.05) is 22.9 Å². The zero-order valence-electron chi connectivity index (χ0n) is 13.8. The first-order valence-corrected chi connectivity index (χ1v) is 7.94. The third-order valence-electron chi connectivity index (χ3n) is 3.28. The third kappa shape index (κ3) is 5.53. The zero-order chi connectivity index (χ0) is 19.1. The van der Waals surface area contributed by atoms with Crippen molar-refractivity contribution < 1.29 is 23.5 Å². The lowest BCUT2D eigenvalue weighted by Crippen LogP contribution is -2.20. The van der Waals surface area contributed by atoms with E-state index in [1.165, 1.54) is 37.3 Å². The predicted octanol–water partition coefficient (Wildman–Crippen LogP) is 3.88. The molecule has 0 spiro atoms. The van der Waals surface area contributed by atoms with Crippen LogP contribution in [0.5, 0.6) is 0 Å². The summed E-state index contributed by atoms with van der Waals surface area (Å²) in [6.07, 6.45) is 2.15. The lowest BCUT2D eigenvalue weighted by molar-refractivity contribution is -0.142. The molecule has 0 aliphatic rings. The molecule has 0 saturated heterocycles. The van der Waals surface area contributed by atoms with Gasteiger partial charge in [-0.15, -0.1) is 0 Å². The van der Waals surface area contributed by atoms with Crippen molar-refractivity contribution in [1.82, 2.24) is 0 Å². The van der Waals surface area contributed by atoms with Crippen molar-refractivity contribution in [1.29, 1.82) is 0 Å². The molecule has 7 heteroatoms. The van der Waals surface area contributed by atoms with Gasteiger partial charge < -0.3 is 10.1 Å². The van der Waals surface area contributed by atoms with Crippen LogP contribution in [0.2, 0.25) is 5.02 Å². The van der Waals surface area contributed by atoms with Crippen LogP contribution in [0.25, 0.3) is 6.08 Å². The van der Waals surface area contributed by atoms with Crippen molar-refractivity contribution in [3.8, 4) is 0 Å². The molecule has 0 unspecified atom stereocenters. The molecule has 0 aliphatic carbocycles. The summed E-state index contributed by atoms with van der Waals surface area (Å²) >= 11 is 5.83. The van der Waals surface area contributed by atoms with Gasteiger partial charge in [0.25, 0.3) is 5.91 Å². The molecule has 0 heterocycles. The lowest BCUT2D eigenvalue weighted by atomic mass is 10.1. The van der Waals surface area contributed by atoms with Gasteiger partial charge >= 0.3 is 5.97 Å². The Morgan fingerprint density at radius 1 is 1.19 bits per heavy atom. The Hall–Kier alpha value is -2.99. The molecule has 0 aromatic heterocycles. The monoisotopic (exact) mass is 375 g/mol. The number of anilines is 1. The van der Waals surface area contributed by atoms with Crippen LogP contribution >= 0.6 is 11.6 Å². The number of amides is 1. The topological polar surface area (TPSA) is 72.5 Å². The fourth-order valence-electron chi connectivity index (χ4n) is 2.02. The first kappa shape index (κ1) is 19.3. The van der Waals surface area contributed by atoms with Crippen molar-refractivity contribution in [2.24, 2.45) is 0 Å². The van der Waals surface area contributed by atoms with E-state index in [1.807, 2.05) is 0 Å². The van der Waals surface area contributed by atoms with Crippen molar-refractivity contribution in [2.75, 3.05) is 11.9 Å². The van der Waals surface area contributed by atoms with Crippen LogP contribution in [0.3, 0.4) is 0 Å². The van der Waals surface area contributed by atoms with E-state index < -0.39 is 24.3 Å². The van der Waals surface area contributed by atoms with Gasteiger partial charge in [-0.1, -0.05) is 29.8 Å². The molecule has 1 N–H and O–H groups in total. The fraction of sp³-hybridized carbons (Fsp3) is 0.105. The van der Waals surface area contributed by atoms with E-state index in [0.29, 0.717) is 11.3 Å². The number of rotatable bonds is 6. The van der Waals surface area contributed by atoms with Gasteiger partial charge in [0.05, 0.1) is 5.02 Å². The summed E-state index contributed by atoms with van der Waals surface area (Å²) in [7, 11) is 0. The van der Waals surface area contributed by atoms with Gasteiger partial charge in [-0.25, -0.2) is 9.18 Å². The number of carbonyl (C=O) groups is 3. The number of Topliss-reactive ketones (excluding diaryl/α,β-unsaturated/α-hetero) is 1. The Morgan fingerprint density at radius 3 is 2.62 bits per heavy atom. The Bertz CT molecular complexity index is 859. The number of halogens is 2. The van der Waals surface area contributed by atoms with E-state index in [1.54, 1.807) is 18.2 Å². The van der Waals surface area contributed by atoms with Crippen LogP contribution in [-0.4, -0.2) is 24.3 Å². The highest BCUT2D eigenvalue weighted by atomic mass is 35.5. The van der Waals surface area contributed by atoms with E-state index >= 15 is 0 Å². The SMILES string of the molecule is CC(=O)c1cccc(NC(=O)COC(=O)/C=C/c2c(F)cccc2Cl)c1. The Kier molecular flexibility index (Phi) is 6.63. The molecule has 134 valence electrons. The Morgan fingerprint density at radius 2 is 1.92 bits per heavy atom. The van der Waals surface area contributed by atoms with Gasteiger partial charge in [-0.3, -0.25) is 9.59 Å². The summed E-state index contributed by atoms with van der Waals surface area (Å²) < 4.78 is 18.4. The number of nitrogens with one attached hydrogen (secondary N) is 1. The molecule has 0 saturated carbocycles. The van der Waals surface area contributed by atoms with Crippen LogP contribution in [0, 0.1) is 5.82 Å². The second-order valence-corrected chi connectivity index (χ2v) is 5.67. The van der Waals surface area contributed by atoms with Gasteiger partial charge in [0.1, 0.15) is 5.82 Å². The number of esters is 1. The van der Waals surface area contributed by atoms with E-state index in [4.69, 9.17) is 16.3 Å². The first-order chi connectivity index (χ1) is 12.4. The molecular weight excluding hydrogens is 361 g/mol. The van der Waals surface area contributed by atoms with Crippen LogP contribution in [0.15, 0.2) is 48.5 Å². The third-order valence-corrected chi connectivity index (χ3v) is 3.61. The molecule has 5 nitrogen and oxygen atoms in total. The van der Waals surface area contributed by atoms with Crippen LogP contribution in [-0.2, 0) is 14.3 Å². The van der Waals surface area contributed by atoms with Crippen LogP contribution < -0.4 is 5.32 Å². The molecule has 0 aliphatic heterocycles. The highest BCUT2D eigenvalue weighted by Crippen LogP contribution is 2.20. The molecule has 0 fully saturated rings. The molecule has 2 rings (SSSR count). The average molecular weight is 376 g/mol. The fourth-order valence-corrected chi connectivity index (χ4v) is 2.25. The van der Waals surface area contributed by atoms with E-state index in [-0.39, 0.29) is 16.4 Å². The standard InChI is InChI=1S/C19H15ClFNO4/c1-12(23)13-4-2-5-14(10-13)22-18(24)11-26-19(25)9-8-15-16(20)6-3-7-17(15)21/h2-10H,11H2,1H3,(H,22,24)/b9-8+. The summed E-state index contributed by atoms with van der Waals surface area (Å²) in [5.41, 5.74) is 0.911. The molecule has 2 aromatic rings. The van der Waals surface area contributed by atoms with Crippen molar-refractivity contribution in [3.63, 3.8) is 0 Å². The van der Waals surface area contributed by atoms with Gasteiger partial charge in [-0.05, 0) is 37.3 Å². The molecule has 2 aromatic carbocycles. The second kappa shape index (κ2) is 8.92. The lowest BCUT2D eigenvalue weighted by Gasteiger charge is -2.06. The smallest absolute Gasteiger partial charge is 0.331 e. The maximum Gasteiger partial charge on any atom is 0.331 e. The van der Waals surface area contributed by atoms with Crippen LogP contribution in [0.4, 0.5) is 10.1 Å². The highest BCUT2D eigenvalue weighted by Gasteiger charge is 2.08. The largest absolute Gasteiger partial charge is 0.452 e. The number of carbonyl (C=O) groups excluding carboxylic acids is 3. The van der Waals surface area contributed by atoms with Crippen molar-refractivity contribution >= 4 is 41.0 Å². The average Bonchev–Trinajstić information content (AvgIpc) is 2.59. The molecule has 1 amide bonds. The summed E-state index contributed by atoms with van der Waals surface area (Å²) in [4.78, 5) is 34.8. The number of ether oxygens (including phenoxy) is 1. The summed E-state index contributed by atoms with van der Waals surface area (Å²) in [6, 6.07) is 10.5. The number of hydrogen-bond acceptors (Lipinski definition) is 4. The highest BCUT2D eigenvalue weighted by molar-refractivity contribution is 6.32. The normalized spacial score (nSPS) is 10.6. The molecule has 26 heavy (non-hydrogen) atoms. The minimum Gasteiger partial charge on any atom is -0.452 e.